The van der Waals surface area contributed by atoms with Crippen molar-refractivity contribution in [1.29, 1.82) is 0 Å². The third-order valence-corrected chi connectivity index (χ3v) is 1.91. The van der Waals surface area contributed by atoms with E-state index in [1.807, 2.05) is 0 Å². The van der Waals surface area contributed by atoms with Gasteiger partial charge in [-0.1, -0.05) is 0 Å². The topological polar surface area (TPSA) is 345 Å². The van der Waals surface area contributed by atoms with Crippen molar-refractivity contribution < 1.29 is 71.3 Å². The molecule has 0 saturated heterocycles. The summed E-state index contributed by atoms with van der Waals surface area (Å²) in [6.45, 7) is 0. The molecule has 0 saturated carbocycles. The van der Waals surface area contributed by atoms with Crippen molar-refractivity contribution in [2.45, 2.75) is 0 Å². The summed E-state index contributed by atoms with van der Waals surface area (Å²) in [6, 6.07) is 0. The van der Waals surface area contributed by atoms with Crippen LogP contribution in [0, 0.1) is 0 Å². The summed E-state index contributed by atoms with van der Waals surface area (Å²) in [5.74, 6) is 0. The average molecular weight is 328 g/mol. The number of hydrogen-bond donors (Lipinski definition) is 4. The number of phosphoric acid groups is 2. The molecule has 0 heterocycles. The van der Waals surface area contributed by atoms with E-state index < -0.39 is 15.6 Å². The Kier molecular flexibility index (Phi) is 83.9. The Morgan fingerprint density at radius 2 is 0.706 bits per heavy atom. The van der Waals surface area contributed by atoms with Crippen molar-refractivity contribution in [3.05, 3.63) is 0 Å². The Balaban J connectivity index is -0.0000000114. The molecule has 17 heavy (non-hydrogen) atoms. The summed E-state index contributed by atoms with van der Waals surface area (Å²) in [4.78, 5) is 31.0. The van der Waals surface area contributed by atoms with E-state index in [9.17, 15) is 9.13 Å². The molecule has 0 rings (SSSR count). The van der Waals surface area contributed by atoms with Crippen LogP contribution < -0.4 is 0 Å². The predicted molar refractivity (Wildman–Crippen MR) is 57.6 cm³/mol. The van der Waals surface area contributed by atoms with E-state index in [1.54, 1.807) is 0 Å². The van der Waals surface area contributed by atoms with Gasteiger partial charge in [0.05, 0.1) is 0 Å². The Morgan fingerprint density at radius 1 is 0.588 bits per heavy atom. The molecule has 114 valence electrons. The van der Waals surface area contributed by atoms with Gasteiger partial charge >= 0.3 is 45.2 Å². The Morgan fingerprint density at radius 3 is 0.706 bits per heavy atom. The second-order valence-corrected chi connectivity index (χ2v) is 3.68. The Bertz CT molecular complexity index is 155. The van der Waals surface area contributed by atoms with Crippen molar-refractivity contribution >= 4 is 45.2 Å². The molecule has 0 aliphatic carbocycles. The van der Waals surface area contributed by atoms with Gasteiger partial charge in [-0.05, 0) is 0 Å². The molecule has 0 aromatic carbocycles. The van der Waals surface area contributed by atoms with Gasteiger partial charge in [0.15, 0.2) is 0 Å². The Hall–Kier alpha value is 0.980. The van der Waals surface area contributed by atoms with Gasteiger partial charge in [-0.3, -0.25) is 0 Å². The molecule has 14 nitrogen and oxygen atoms in total. The van der Waals surface area contributed by atoms with Crippen LogP contribution in [0.15, 0.2) is 0 Å². The molecule has 0 aromatic heterocycles. The van der Waals surface area contributed by atoms with Crippen molar-refractivity contribution in [1.82, 2.24) is 0 Å². The van der Waals surface area contributed by atoms with Crippen LogP contribution in [-0.4, -0.2) is 87.5 Å². The maximum absolute atomic E-state index is 9.63. The summed E-state index contributed by atoms with van der Waals surface area (Å²) in [7, 11) is -10.1. The Labute approximate surface area is 117 Å². The molecule has 0 atom stereocenters. The van der Waals surface area contributed by atoms with Crippen LogP contribution in [0.2, 0.25) is 0 Å². The van der Waals surface area contributed by atoms with E-state index >= 15 is 0 Å². The second kappa shape index (κ2) is 22.2. The van der Waals surface area contributed by atoms with Crippen LogP contribution in [0.5, 0.6) is 0 Å². The number of rotatable bonds is 2. The number of hydrogen-bond acceptors (Lipinski definition) is 3. The van der Waals surface area contributed by atoms with Gasteiger partial charge in [0.1, 0.15) is 0 Å². The second-order valence-electron chi connectivity index (χ2n) is 1.06. The van der Waals surface area contributed by atoms with E-state index in [4.69, 9.17) is 19.6 Å². The molecule has 0 bridgehead atoms. The van der Waals surface area contributed by atoms with Gasteiger partial charge < -0.3 is 57.9 Å². The van der Waals surface area contributed by atoms with Gasteiger partial charge in [0, 0.05) is 0 Å². The summed E-state index contributed by atoms with van der Waals surface area (Å²) in [6.07, 6.45) is 0. The molecule has 0 aliphatic rings. The van der Waals surface area contributed by atoms with Crippen LogP contribution in [0.25, 0.3) is 0 Å². The third-order valence-electron chi connectivity index (χ3n) is 0.213. The average Bonchev–Trinajstić information content (AvgIpc) is 1.14. The SMILES string of the molecule is O.O.O.O.O.O.O.O=P(O)(O)OP(=O)(O)O.[NaH]. The maximum atomic E-state index is 9.63. The van der Waals surface area contributed by atoms with E-state index in [1.165, 1.54) is 0 Å². The molecule has 0 aromatic rings. The van der Waals surface area contributed by atoms with Gasteiger partial charge in [-0.25, -0.2) is 9.13 Å². The standard InChI is InChI=1S/Na.H4O7P2.7H2O.H/c;1-8(2,3)7-9(4,5)6;;;;;;;;/h;(H2,1,2,3)(H2,4,5,6);7*1H2;. The third kappa shape index (κ3) is 78.2. The summed E-state index contributed by atoms with van der Waals surface area (Å²) in [5, 5.41) is 0. The molecular weight excluding hydrogens is 309 g/mol. The minimum absolute atomic E-state index is 0. The molecule has 0 fully saturated rings. The molecule has 0 aliphatic heterocycles. The van der Waals surface area contributed by atoms with E-state index in [2.05, 4.69) is 4.31 Å². The molecule has 0 radical (unpaired) electrons. The van der Waals surface area contributed by atoms with Crippen LogP contribution in [0.3, 0.4) is 0 Å². The fourth-order valence-corrected chi connectivity index (χ4v) is 1.25. The van der Waals surface area contributed by atoms with E-state index in [-0.39, 0.29) is 67.9 Å². The summed E-state index contributed by atoms with van der Waals surface area (Å²) >= 11 is 0. The fraction of sp³-hybridized carbons (Fsp3) is 0. The molecular formula is H19NaO14P2. The molecule has 17 heteroatoms. The first-order chi connectivity index (χ1) is 3.71. The predicted octanol–water partition coefficient (Wildman–Crippen LogP) is -7.23. The zero-order valence-corrected chi connectivity index (χ0v) is 9.20. The fourth-order valence-electron chi connectivity index (χ4n) is 0.139. The molecule has 0 unspecified atom stereocenters. The minimum atomic E-state index is -5.05. The van der Waals surface area contributed by atoms with Crippen LogP contribution in [0.4, 0.5) is 0 Å². The van der Waals surface area contributed by atoms with Crippen molar-refractivity contribution in [3.63, 3.8) is 0 Å². The monoisotopic (exact) mass is 328 g/mol. The van der Waals surface area contributed by atoms with Crippen LogP contribution in [-0.2, 0) is 13.4 Å². The molecule has 18 N–H and O–H groups in total. The van der Waals surface area contributed by atoms with Crippen molar-refractivity contribution in [2.24, 2.45) is 0 Å². The van der Waals surface area contributed by atoms with Gasteiger partial charge in [-0.15, -0.1) is 0 Å². The van der Waals surface area contributed by atoms with Crippen molar-refractivity contribution in [3.8, 4) is 0 Å². The van der Waals surface area contributed by atoms with Gasteiger partial charge in [0.25, 0.3) is 0 Å². The van der Waals surface area contributed by atoms with E-state index in [0.717, 1.165) is 0 Å². The van der Waals surface area contributed by atoms with Gasteiger partial charge in [-0.2, -0.15) is 4.31 Å². The van der Waals surface area contributed by atoms with Crippen LogP contribution >= 0.6 is 15.6 Å². The zero-order chi connectivity index (χ0) is 7.71. The summed E-state index contributed by atoms with van der Waals surface area (Å²) < 4.78 is 22.2. The van der Waals surface area contributed by atoms with Gasteiger partial charge in [0.2, 0.25) is 0 Å². The first-order valence-electron chi connectivity index (χ1n) is 1.53. The van der Waals surface area contributed by atoms with Crippen molar-refractivity contribution in [2.75, 3.05) is 0 Å². The van der Waals surface area contributed by atoms with Crippen LogP contribution in [0.1, 0.15) is 0 Å². The summed E-state index contributed by atoms with van der Waals surface area (Å²) in [5.41, 5.74) is 0. The van der Waals surface area contributed by atoms with E-state index in [0.29, 0.717) is 0 Å². The quantitative estimate of drug-likeness (QED) is 0.279. The first kappa shape index (κ1) is 64.3. The molecule has 0 spiro atoms. The molecule has 0 amide bonds. The zero-order valence-electron chi connectivity index (χ0n) is 7.41. The first-order valence-corrected chi connectivity index (χ1v) is 4.59. The normalized spacial score (nSPS) is 7.29.